The zero-order chi connectivity index (χ0) is 17.2. The quantitative estimate of drug-likeness (QED) is 0.852. The molecule has 0 saturated heterocycles. The lowest BCUT2D eigenvalue weighted by Crippen LogP contribution is -2.29. The molecule has 0 saturated carbocycles. The predicted octanol–water partition coefficient (Wildman–Crippen LogP) is 3.23. The zero-order valence-electron chi connectivity index (χ0n) is 13.8. The molecule has 1 heterocycles. The predicted molar refractivity (Wildman–Crippen MR) is 91.9 cm³/mol. The average Bonchev–Trinajstić information content (AvgIpc) is 2.85. The van der Waals surface area contributed by atoms with Gasteiger partial charge in [0.05, 0.1) is 18.1 Å². The topological polar surface area (TPSA) is 55.8 Å². The van der Waals surface area contributed by atoms with Gasteiger partial charge in [-0.15, -0.1) is 0 Å². The second-order valence-electron chi connectivity index (χ2n) is 5.77. The van der Waals surface area contributed by atoms with Gasteiger partial charge in [-0.1, -0.05) is 30.3 Å². The number of ether oxygens (including phenoxy) is 2. The first-order valence-corrected chi connectivity index (χ1v) is 9.37. The van der Waals surface area contributed by atoms with E-state index >= 15 is 0 Å². The standard InChI is InChI=1S/C18H21NO4S/c1-14(15-7-4-3-5-8-15)19(2)24(20,21)16-9-10-17-18(13-16)23-12-6-11-22-17/h3-5,7-10,13-14H,6,11-12H2,1-2H3. The van der Waals surface area contributed by atoms with E-state index in [0.29, 0.717) is 24.7 Å². The van der Waals surface area contributed by atoms with Crippen LogP contribution in [-0.4, -0.2) is 33.0 Å². The Hall–Kier alpha value is -2.05. The van der Waals surface area contributed by atoms with E-state index in [1.165, 1.54) is 4.31 Å². The Kier molecular flexibility index (Phi) is 4.78. The van der Waals surface area contributed by atoms with E-state index in [1.807, 2.05) is 37.3 Å². The lowest BCUT2D eigenvalue weighted by atomic mass is 10.1. The maximum absolute atomic E-state index is 12.9. The Morgan fingerprint density at radius 1 is 1.00 bits per heavy atom. The molecule has 1 aliphatic heterocycles. The first kappa shape index (κ1) is 16.8. The van der Waals surface area contributed by atoms with Gasteiger partial charge in [-0.3, -0.25) is 0 Å². The van der Waals surface area contributed by atoms with Crippen LogP contribution >= 0.6 is 0 Å². The molecule has 2 aromatic rings. The van der Waals surface area contributed by atoms with Crippen molar-refractivity contribution >= 4 is 10.0 Å². The van der Waals surface area contributed by atoms with E-state index in [-0.39, 0.29) is 10.9 Å². The molecule has 1 atom stereocenters. The van der Waals surface area contributed by atoms with Crippen molar-refractivity contribution in [1.82, 2.24) is 4.31 Å². The highest BCUT2D eigenvalue weighted by molar-refractivity contribution is 7.89. The number of fused-ring (bicyclic) bond motifs is 1. The Labute approximate surface area is 142 Å². The van der Waals surface area contributed by atoms with E-state index in [2.05, 4.69) is 0 Å². The van der Waals surface area contributed by atoms with Crippen molar-refractivity contribution in [2.75, 3.05) is 20.3 Å². The molecule has 1 aliphatic rings. The minimum absolute atomic E-state index is 0.206. The third kappa shape index (κ3) is 3.25. The molecule has 0 N–H and O–H groups in total. The summed E-state index contributed by atoms with van der Waals surface area (Å²) < 4.78 is 38.4. The first-order chi connectivity index (χ1) is 11.5. The summed E-state index contributed by atoms with van der Waals surface area (Å²) in [6, 6.07) is 14.1. The summed E-state index contributed by atoms with van der Waals surface area (Å²) in [5.41, 5.74) is 0.943. The summed E-state index contributed by atoms with van der Waals surface area (Å²) in [4.78, 5) is 0.206. The number of nitrogens with zero attached hydrogens (tertiary/aromatic N) is 1. The Morgan fingerprint density at radius 2 is 1.67 bits per heavy atom. The third-order valence-corrected chi connectivity index (χ3v) is 6.15. The van der Waals surface area contributed by atoms with Gasteiger partial charge in [0.25, 0.3) is 0 Å². The summed E-state index contributed by atoms with van der Waals surface area (Å²) in [5.74, 6) is 1.07. The van der Waals surface area contributed by atoms with Crippen molar-refractivity contribution in [1.29, 1.82) is 0 Å². The van der Waals surface area contributed by atoms with Crippen molar-refractivity contribution < 1.29 is 17.9 Å². The Bertz CT molecular complexity index is 805. The molecule has 0 fully saturated rings. The number of hydrogen-bond donors (Lipinski definition) is 0. The first-order valence-electron chi connectivity index (χ1n) is 7.93. The van der Waals surface area contributed by atoms with Gasteiger partial charge in [-0.05, 0) is 24.6 Å². The van der Waals surface area contributed by atoms with E-state index in [1.54, 1.807) is 25.2 Å². The minimum atomic E-state index is -3.63. The van der Waals surface area contributed by atoms with E-state index in [4.69, 9.17) is 9.47 Å². The van der Waals surface area contributed by atoms with Crippen LogP contribution in [0, 0.1) is 0 Å². The SMILES string of the molecule is CC(c1ccccc1)N(C)S(=O)(=O)c1ccc2c(c1)OCCCO2. The second kappa shape index (κ2) is 6.83. The van der Waals surface area contributed by atoms with Gasteiger partial charge in [-0.25, -0.2) is 8.42 Å². The molecular weight excluding hydrogens is 326 g/mol. The molecule has 1 unspecified atom stereocenters. The molecule has 0 amide bonds. The summed E-state index contributed by atoms with van der Waals surface area (Å²) in [6.45, 7) is 2.97. The molecule has 128 valence electrons. The van der Waals surface area contributed by atoms with Crippen LogP contribution in [0.5, 0.6) is 11.5 Å². The zero-order valence-corrected chi connectivity index (χ0v) is 14.6. The Balaban J connectivity index is 1.91. The highest BCUT2D eigenvalue weighted by Crippen LogP contribution is 2.34. The maximum Gasteiger partial charge on any atom is 0.243 e. The molecule has 24 heavy (non-hydrogen) atoms. The number of hydrogen-bond acceptors (Lipinski definition) is 4. The van der Waals surface area contributed by atoms with Gasteiger partial charge in [0, 0.05) is 25.6 Å². The number of sulfonamides is 1. The van der Waals surface area contributed by atoms with E-state index in [9.17, 15) is 8.42 Å². The normalized spacial score (nSPS) is 15.8. The van der Waals surface area contributed by atoms with Crippen LogP contribution in [0.4, 0.5) is 0 Å². The van der Waals surface area contributed by atoms with Gasteiger partial charge in [0.1, 0.15) is 0 Å². The molecular formula is C18H21NO4S. The van der Waals surface area contributed by atoms with Crippen LogP contribution in [0.2, 0.25) is 0 Å². The lowest BCUT2D eigenvalue weighted by Gasteiger charge is -2.25. The van der Waals surface area contributed by atoms with Crippen molar-refractivity contribution in [2.24, 2.45) is 0 Å². The lowest BCUT2D eigenvalue weighted by molar-refractivity contribution is 0.296. The molecule has 3 rings (SSSR count). The highest BCUT2D eigenvalue weighted by atomic mass is 32.2. The van der Waals surface area contributed by atoms with Gasteiger partial charge in [0.2, 0.25) is 10.0 Å². The van der Waals surface area contributed by atoms with E-state index < -0.39 is 10.0 Å². The minimum Gasteiger partial charge on any atom is -0.490 e. The average molecular weight is 347 g/mol. The van der Waals surface area contributed by atoms with Gasteiger partial charge in [0.15, 0.2) is 11.5 Å². The van der Waals surface area contributed by atoms with Crippen molar-refractivity contribution in [3.05, 3.63) is 54.1 Å². The van der Waals surface area contributed by atoms with Crippen LogP contribution in [0.3, 0.4) is 0 Å². The van der Waals surface area contributed by atoms with Crippen LogP contribution < -0.4 is 9.47 Å². The maximum atomic E-state index is 12.9. The van der Waals surface area contributed by atoms with Gasteiger partial charge in [-0.2, -0.15) is 4.31 Å². The van der Waals surface area contributed by atoms with Crippen molar-refractivity contribution in [3.63, 3.8) is 0 Å². The van der Waals surface area contributed by atoms with Crippen molar-refractivity contribution in [3.8, 4) is 11.5 Å². The third-order valence-electron chi connectivity index (χ3n) is 4.22. The molecule has 6 heteroatoms. The van der Waals surface area contributed by atoms with Crippen LogP contribution in [0.25, 0.3) is 0 Å². The van der Waals surface area contributed by atoms with Gasteiger partial charge >= 0.3 is 0 Å². The Morgan fingerprint density at radius 3 is 2.38 bits per heavy atom. The van der Waals surface area contributed by atoms with Crippen molar-refractivity contribution in [2.45, 2.75) is 24.3 Å². The fourth-order valence-corrected chi connectivity index (χ4v) is 3.99. The highest BCUT2D eigenvalue weighted by Gasteiger charge is 2.27. The molecule has 0 aromatic heterocycles. The summed E-state index contributed by atoms with van der Waals surface area (Å²) in [5, 5.41) is 0. The van der Waals surface area contributed by atoms with Crippen LogP contribution in [0.1, 0.15) is 24.9 Å². The fourth-order valence-electron chi connectivity index (χ4n) is 2.62. The molecule has 5 nitrogen and oxygen atoms in total. The van der Waals surface area contributed by atoms with Gasteiger partial charge < -0.3 is 9.47 Å². The molecule has 2 aromatic carbocycles. The summed E-state index contributed by atoms with van der Waals surface area (Å²) in [7, 11) is -2.04. The smallest absolute Gasteiger partial charge is 0.243 e. The molecule has 0 spiro atoms. The summed E-state index contributed by atoms with van der Waals surface area (Å²) >= 11 is 0. The summed E-state index contributed by atoms with van der Waals surface area (Å²) in [6.07, 6.45) is 0.779. The fraction of sp³-hybridized carbons (Fsp3) is 0.333. The monoisotopic (exact) mass is 347 g/mol. The second-order valence-corrected chi connectivity index (χ2v) is 7.76. The number of benzene rings is 2. The number of rotatable bonds is 4. The van der Waals surface area contributed by atoms with Crippen LogP contribution in [0.15, 0.2) is 53.4 Å². The van der Waals surface area contributed by atoms with Crippen LogP contribution in [-0.2, 0) is 10.0 Å². The molecule has 0 bridgehead atoms. The van der Waals surface area contributed by atoms with E-state index in [0.717, 1.165) is 12.0 Å². The largest absolute Gasteiger partial charge is 0.490 e. The molecule has 0 aliphatic carbocycles. The molecule has 0 radical (unpaired) electrons.